The van der Waals surface area contributed by atoms with Crippen molar-refractivity contribution in [1.82, 2.24) is 5.32 Å². The van der Waals surface area contributed by atoms with Crippen molar-refractivity contribution in [2.45, 2.75) is 54.4 Å². The monoisotopic (exact) mass is 383 g/mol. The van der Waals surface area contributed by atoms with E-state index in [1.54, 1.807) is 6.92 Å². The first-order chi connectivity index (χ1) is 12.3. The van der Waals surface area contributed by atoms with Crippen molar-refractivity contribution < 1.29 is 28.6 Å². The Labute approximate surface area is 161 Å². The van der Waals surface area contributed by atoms with Crippen LogP contribution in [0.15, 0.2) is 12.2 Å². The predicted octanol–water partition coefficient (Wildman–Crippen LogP) is 3.23. The summed E-state index contributed by atoms with van der Waals surface area (Å²) in [6, 6.07) is 0. The summed E-state index contributed by atoms with van der Waals surface area (Å²) in [6.45, 7) is 15.6. The maximum atomic E-state index is 12.6. The van der Waals surface area contributed by atoms with Crippen molar-refractivity contribution in [3.63, 3.8) is 0 Å². The minimum Gasteiger partial charge on any atom is -0.462 e. The number of esters is 2. The molecule has 1 unspecified atom stereocenters. The van der Waals surface area contributed by atoms with Crippen LogP contribution in [0.2, 0.25) is 0 Å². The summed E-state index contributed by atoms with van der Waals surface area (Å²) in [7, 11) is 0. The second-order valence-electron chi connectivity index (χ2n) is 9.00. The highest BCUT2D eigenvalue weighted by Crippen LogP contribution is 2.68. The first-order valence-corrected chi connectivity index (χ1v) is 9.21. The number of amides is 1. The van der Waals surface area contributed by atoms with E-state index in [9.17, 15) is 14.4 Å². The lowest BCUT2D eigenvalue weighted by atomic mass is 9.79. The first-order valence-electron chi connectivity index (χ1n) is 9.21. The molecule has 0 saturated heterocycles. The predicted molar refractivity (Wildman–Crippen MR) is 101 cm³/mol. The Morgan fingerprint density at radius 2 is 1.59 bits per heavy atom. The van der Waals surface area contributed by atoms with Gasteiger partial charge in [0.05, 0.1) is 12.0 Å². The Bertz CT molecular complexity index is 590. The topological polar surface area (TPSA) is 90.9 Å². The van der Waals surface area contributed by atoms with Gasteiger partial charge in [-0.2, -0.15) is 0 Å². The van der Waals surface area contributed by atoms with Crippen LogP contribution in [0.5, 0.6) is 0 Å². The first kappa shape index (κ1) is 23.0. The lowest BCUT2D eigenvalue weighted by molar-refractivity contribution is -0.154. The lowest BCUT2D eigenvalue weighted by Gasteiger charge is -2.27. The van der Waals surface area contributed by atoms with Crippen LogP contribution in [-0.2, 0) is 23.8 Å². The van der Waals surface area contributed by atoms with Gasteiger partial charge in [0.25, 0.3) is 0 Å². The molecular formula is C20H33NO6. The zero-order valence-electron chi connectivity index (χ0n) is 17.4. The van der Waals surface area contributed by atoms with Gasteiger partial charge in [-0.05, 0) is 30.6 Å². The summed E-state index contributed by atoms with van der Waals surface area (Å²) >= 11 is 0. The molecule has 0 spiro atoms. The number of alkyl carbamates (subject to hydrolysis) is 1. The van der Waals surface area contributed by atoms with Crippen molar-refractivity contribution in [3.05, 3.63) is 12.2 Å². The van der Waals surface area contributed by atoms with E-state index >= 15 is 0 Å². The fourth-order valence-corrected chi connectivity index (χ4v) is 3.22. The Balaban J connectivity index is 2.25. The molecule has 7 nitrogen and oxygen atoms in total. The zero-order valence-corrected chi connectivity index (χ0v) is 17.4. The van der Waals surface area contributed by atoms with Crippen LogP contribution >= 0.6 is 0 Å². The van der Waals surface area contributed by atoms with Gasteiger partial charge in [-0.25, -0.2) is 9.59 Å². The van der Waals surface area contributed by atoms with Gasteiger partial charge in [-0.1, -0.05) is 41.2 Å². The molecule has 0 aromatic carbocycles. The molecule has 0 aromatic heterocycles. The highest BCUT2D eigenvalue weighted by atomic mass is 16.6. The second-order valence-corrected chi connectivity index (χ2v) is 9.00. The molecule has 1 aliphatic carbocycles. The van der Waals surface area contributed by atoms with Crippen LogP contribution in [0.3, 0.4) is 0 Å². The molecule has 1 aliphatic rings. The van der Waals surface area contributed by atoms with E-state index in [0.717, 1.165) is 12.8 Å². The molecule has 0 bridgehead atoms. The standard InChI is InChI=1S/C20H33NO6/c1-14(2)15(22)25-9-8-21-17(24)27-11-10-26-16(23)20(12-18(3,4)5)13-19(20,6)7/h1,8-13H2,2-7H3,(H,21,24). The molecule has 0 radical (unpaired) electrons. The van der Waals surface area contributed by atoms with Crippen LogP contribution in [-0.4, -0.2) is 44.4 Å². The SMILES string of the molecule is C=C(C)C(=O)OCCNC(=O)OCCOC(=O)C1(CC(C)(C)C)CC1(C)C. The lowest BCUT2D eigenvalue weighted by Crippen LogP contribution is -2.31. The Kier molecular flexibility index (Phi) is 7.46. The third-order valence-corrected chi connectivity index (χ3v) is 4.64. The highest BCUT2D eigenvalue weighted by molar-refractivity contribution is 5.86. The van der Waals surface area contributed by atoms with Gasteiger partial charge in [-0.15, -0.1) is 0 Å². The van der Waals surface area contributed by atoms with E-state index in [4.69, 9.17) is 14.2 Å². The largest absolute Gasteiger partial charge is 0.462 e. The van der Waals surface area contributed by atoms with Crippen molar-refractivity contribution >= 4 is 18.0 Å². The summed E-state index contributed by atoms with van der Waals surface area (Å²) in [5, 5.41) is 2.44. The van der Waals surface area contributed by atoms with Gasteiger partial charge < -0.3 is 19.5 Å². The molecule has 27 heavy (non-hydrogen) atoms. The van der Waals surface area contributed by atoms with Crippen molar-refractivity contribution in [1.29, 1.82) is 0 Å². The summed E-state index contributed by atoms with van der Waals surface area (Å²) in [5.74, 6) is -0.734. The molecule has 154 valence electrons. The average Bonchev–Trinajstić information content (AvgIpc) is 3.07. The van der Waals surface area contributed by atoms with Crippen LogP contribution in [0.1, 0.15) is 54.4 Å². The van der Waals surface area contributed by atoms with Crippen LogP contribution < -0.4 is 5.32 Å². The summed E-state index contributed by atoms with van der Waals surface area (Å²) in [5.41, 5.74) is -0.212. The fourth-order valence-electron chi connectivity index (χ4n) is 3.22. The van der Waals surface area contributed by atoms with Crippen molar-refractivity contribution in [3.8, 4) is 0 Å². The number of carbonyl (C=O) groups excluding carboxylic acids is 3. The Morgan fingerprint density at radius 1 is 1.04 bits per heavy atom. The normalized spacial score (nSPS) is 20.4. The van der Waals surface area contributed by atoms with E-state index in [1.807, 2.05) is 0 Å². The smallest absolute Gasteiger partial charge is 0.407 e. The number of hydrogen-bond acceptors (Lipinski definition) is 6. The van der Waals surface area contributed by atoms with E-state index in [1.165, 1.54) is 0 Å². The summed E-state index contributed by atoms with van der Waals surface area (Å²) in [4.78, 5) is 35.3. The third kappa shape index (κ3) is 6.88. The van der Waals surface area contributed by atoms with Crippen LogP contribution in [0.25, 0.3) is 0 Å². The molecule has 0 aliphatic heterocycles. The molecule has 0 heterocycles. The number of carbonyl (C=O) groups is 3. The van der Waals surface area contributed by atoms with Gasteiger partial charge in [0, 0.05) is 5.57 Å². The fraction of sp³-hybridized carbons (Fsp3) is 0.750. The maximum Gasteiger partial charge on any atom is 0.407 e. The number of rotatable bonds is 9. The molecule has 1 atom stereocenters. The second kappa shape index (κ2) is 8.76. The quantitative estimate of drug-likeness (QED) is 0.284. The van der Waals surface area contributed by atoms with Crippen molar-refractivity contribution in [2.24, 2.45) is 16.2 Å². The number of hydrogen-bond donors (Lipinski definition) is 1. The number of nitrogens with one attached hydrogen (secondary N) is 1. The number of ether oxygens (including phenoxy) is 3. The highest BCUT2D eigenvalue weighted by Gasteiger charge is 2.67. The average molecular weight is 383 g/mol. The molecule has 1 saturated carbocycles. The molecule has 0 aromatic rings. The molecule has 1 fully saturated rings. The van der Waals surface area contributed by atoms with Gasteiger partial charge >= 0.3 is 18.0 Å². The maximum absolute atomic E-state index is 12.6. The van der Waals surface area contributed by atoms with Gasteiger partial charge in [0.2, 0.25) is 0 Å². The third-order valence-electron chi connectivity index (χ3n) is 4.64. The van der Waals surface area contributed by atoms with Gasteiger partial charge in [0.1, 0.15) is 19.8 Å². The Morgan fingerprint density at radius 3 is 2.07 bits per heavy atom. The minimum atomic E-state index is -0.659. The van der Waals surface area contributed by atoms with E-state index in [2.05, 4.69) is 46.5 Å². The minimum absolute atomic E-state index is 0.0128. The van der Waals surface area contributed by atoms with E-state index in [-0.39, 0.29) is 43.2 Å². The van der Waals surface area contributed by atoms with E-state index in [0.29, 0.717) is 5.57 Å². The molecule has 7 heteroatoms. The molecule has 1 amide bonds. The zero-order chi connectivity index (χ0) is 20.9. The molecule has 1 N–H and O–H groups in total. The van der Waals surface area contributed by atoms with Gasteiger partial charge in [-0.3, -0.25) is 4.79 Å². The van der Waals surface area contributed by atoms with Gasteiger partial charge in [0.15, 0.2) is 0 Å². The van der Waals surface area contributed by atoms with Crippen molar-refractivity contribution in [2.75, 3.05) is 26.4 Å². The van der Waals surface area contributed by atoms with Crippen LogP contribution in [0, 0.1) is 16.2 Å². The molecule has 1 rings (SSSR count). The molecular weight excluding hydrogens is 350 g/mol. The van der Waals surface area contributed by atoms with E-state index < -0.39 is 17.5 Å². The summed E-state index contributed by atoms with van der Waals surface area (Å²) < 4.78 is 15.1. The Hall–Kier alpha value is -2.05. The van der Waals surface area contributed by atoms with Crippen LogP contribution in [0.4, 0.5) is 4.79 Å². The summed E-state index contributed by atoms with van der Waals surface area (Å²) in [6.07, 6.45) is 0.907.